The van der Waals surface area contributed by atoms with Crippen LogP contribution in [-0.4, -0.2) is 20.8 Å². The van der Waals surface area contributed by atoms with Crippen LogP contribution in [0.3, 0.4) is 0 Å². The molecule has 1 aromatic carbocycles. The highest BCUT2D eigenvalue weighted by molar-refractivity contribution is 5.73. The summed E-state index contributed by atoms with van der Waals surface area (Å²) in [6, 6.07) is 8.96. The molecule has 3 unspecified atom stereocenters. The second-order valence-electron chi connectivity index (χ2n) is 6.42. The van der Waals surface area contributed by atoms with E-state index in [0.717, 1.165) is 23.2 Å². The maximum Gasteiger partial charge on any atom is 0.165 e. The predicted octanol–water partition coefficient (Wildman–Crippen LogP) is 3.72. The molecule has 1 fully saturated rings. The third-order valence-electron chi connectivity index (χ3n) is 4.84. The van der Waals surface area contributed by atoms with Gasteiger partial charge in [0.2, 0.25) is 0 Å². The number of nitrogens with one attached hydrogen (secondary N) is 1. The van der Waals surface area contributed by atoms with Gasteiger partial charge in [-0.25, -0.2) is 0 Å². The minimum absolute atomic E-state index is 0.561. The van der Waals surface area contributed by atoms with E-state index in [-0.39, 0.29) is 0 Å². The van der Waals surface area contributed by atoms with E-state index in [9.17, 15) is 0 Å². The molecule has 0 amide bonds. The minimum atomic E-state index is 0.561. The molecule has 0 radical (unpaired) electrons. The van der Waals surface area contributed by atoms with Crippen LogP contribution in [0.15, 0.2) is 30.6 Å². The Kier molecular flexibility index (Phi) is 3.95. The van der Waals surface area contributed by atoms with Gasteiger partial charge in [0.15, 0.2) is 5.82 Å². The van der Waals surface area contributed by atoms with Gasteiger partial charge in [-0.15, -0.1) is 10.2 Å². The van der Waals surface area contributed by atoms with Crippen molar-refractivity contribution in [3.8, 4) is 11.4 Å². The summed E-state index contributed by atoms with van der Waals surface area (Å²) in [5.41, 5.74) is 2.30. The van der Waals surface area contributed by atoms with Gasteiger partial charge in [-0.1, -0.05) is 26.0 Å². The van der Waals surface area contributed by atoms with Gasteiger partial charge in [-0.2, -0.15) is 0 Å². The summed E-state index contributed by atoms with van der Waals surface area (Å²) in [6.07, 6.45) is 5.55. The van der Waals surface area contributed by atoms with Crippen molar-refractivity contribution in [1.29, 1.82) is 0 Å². The van der Waals surface area contributed by atoms with Crippen molar-refractivity contribution >= 4 is 5.69 Å². The first-order chi connectivity index (χ1) is 10.1. The summed E-state index contributed by atoms with van der Waals surface area (Å²) in [6.45, 7) is 4.74. The van der Waals surface area contributed by atoms with E-state index >= 15 is 0 Å². The topological polar surface area (TPSA) is 42.7 Å². The second kappa shape index (κ2) is 5.88. The zero-order valence-corrected chi connectivity index (χ0v) is 13.1. The first kappa shape index (κ1) is 14.1. The number of rotatable bonds is 3. The van der Waals surface area contributed by atoms with E-state index in [0.29, 0.717) is 6.04 Å². The highest BCUT2D eigenvalue weighted by Crippen LogP contribution is 2.33. The van der Waals surface area contributed by atoms with Crippen molar-refractivity contribution in [2.24, 2.45) is 18.9 Å². The monoisotopic (exact) mass is 284 g/mol. The van der Waals surface area contributed by atoms with Crippen LogP contribution in [0.2, 0.25) is 0 Å². The number of anilines is 1. The zero-order valence-electron chi connectivity index (χ0n) is 13.1. The fraction of sp³-hybridized carbons (Fsp3) is 0.529. The number of hydrogen-bond donors (Lipinski definition) is 1. The van der Waals surface area contributed by atoms with E-state index < -0.39 is 0 Å². The molecule has 1 aliphatic rings. The Morgan fingerprint density at radius 2 is 1.95 bits per heavy atom. The third-order valence-corrected chi connectivity index (χ3v) is 4.84. The number of benzene rings is 1. The molecule has 21 heavy (non-hydrogen) atoms. The molecular formula is C17H24N4. The molecule has 4 heteroatoms. The number of aryl methyl sites for hydroxylation is 1. The lowest BCUT2D eigenvalue weighted by atomic mass is 9.79. The first-order valence-electron chi connectivity index (χ1n) is 7.85. The summed E-state index contributed by atoms with van der Waals surface area (Å²) < 4.78 is 1.96. The number of nitrogens with zero attached hydrogens (tertiary/aromatic N) is 3. The lowest BCUT2D eigenvalue weighted by molar-refractivity contribution is 0.261. The van der Waals surface area contributed by atoms with Gasteiger partial charge < -0.3 is 9.88 Å². The van der Waals surface area contributed by atoms with E-state index in [1.807, 2.05) is 11.6 Å². The normalized spacial score (nSPS) is 25.8. The van der Waals surface area contributed by atoms with Crippen LogP contribution in [0, 0.1) is 11.8 Å². The maximum absolute atomic E-state index is 4.24. The van der Waals surface area contributed by atoms with Crippen LogP contribution >= 0.6 is 0 Å². The van der Waals surface area contributed by atoms with Gasteiger partial charge in [0.1, 0.15) is 6.33 Å². The molecule has 2 aromatic rings. The van der Waals surface area contributed by atoms with E-state index in [1.165, 1.54) is 24.9 Å². The standard InChI is InChI=1S/C17H24N4/c1-12-8-9-14(10-13(12)2)19-16-7-5-4-6-15(16)17-20-18-11-21(17)3/h4-7,11-14,19H,8-10H2,1-3H3. The van der Waals surface area contributed by atoms with Crippen molar-refractivity contribution in [2.45, 2.75) is 39.2 Å². The van der Waals surface area contributed by atoms with Gasteiger partial charge in [0.05, 0.1) is 0 Å². The molecule has 3 atom stereocenters. The summed E-state index contributed by atoms with van der Waals surface area (Å²) in [7, 11) is 1.98. The van der Waals surface area contributed by atoms with Crippen molar-refractivity contribution in [1.82, 2.24) is 14.8 Å². The molecule has 0 spiro atoms. The Hall–Kier alpha value is -1.84. The molecule has 1 N–H and O–H groups in total. The van der Waals surface area contributed by atoms with Crippen LogP contribution in [0.5, 0.6) is 0 Å². The molecular weight excluding hydrogens is 260 g/mol. The Balaban J connectivity index is 1.82. The summed E-state index contributed by atoms with van der Waals surface area (Å²) in [4.78, 5) is 0. The molecule has 0 saturated heterocycles. The van der Waals surface area contributed by atoms with E-state index in [1.54, 1.807) is 6.33 Å². The number of hydrogen-bond acceptors (Lipinski definition) is 3. The van der Waals surface area contributed by atoms with Crippen molar-refractivity contribution in [2.75, 3.05) is 5.32 Å². The van der Waals surface area contributed by atoms with Gasteiger partial charge in [0, 0.05) is 24.3 Å². The van der Waals surface area contributed by atoms with Gasteiger partial charge in [-0.3, -0.25) is 0 Å². The van der Waals surface area contributed by atoms with Crippen molar-refractivity contribution in [3.63, 3.8) is 0 Å². The SMILES string of the molecule is CC1CCC(Nc2ccccc2-c2nncn2C)CC1C. The Bertz CT molecular complexity index is 604. The van der Waals surface area contributed by atoms with Gasteiger partial charge >= 0.3 is 0 Å². The summed E-state index contributed by atoms with van der Waals surface area (Å²) in [5, 5.41) is 12.0. The molecule has 1 heterocycles. The minimum Gasteiger partial charge on any atom is -0.382 e. The van der Waals surface area contributed by atoms with Crippen molar-refractivity contribution < 1.29 is 0 Å². The maximum atomic E-state index is 4.24. The predicted molar refractivity (Wildman–Crippen MR) is 86.0 cm³/mol. The van der Waals surface area contributed by atoms with Crippen LogP contribution in [-0.2, 0) is 7.05 Å². The first-order valence-corrected chi connectivity index (χ1v) is 7.85. The largest absolute Gasteiger partial charge is 0.382 e. The average Bonchev–Trinajstić information content (AvgIpc) is 2.90. The summed E-state index contributed by atoms with van der Waals surface area (Å²) in [5.74, 6) is 2.55. The van der Waals surface area contributed by atoms with Gasteiger partial charge in [-0.05, 0) is 43.2 Å². The molecule has 112 valence electrons. The Labute approximate surface area is 126 Å². The highest BCUT2D eigenvalue weighted by atomic mass is 15.2. The zero-order chi connectivity index (χ0) is 14.8. The van der Waals surface area contributed by atoms with E-state index in [4.69, 9.17) is 0 Å². The van der Waals surface area contributed by atoms with Crippen molar-refractivity contribution in [3.05, 3.63) is 30.6 Å². The quantitative estimate of drug-likeness (QED) is 0.934. The molecule has 1 aliphatic carbocycles. The Morgan fingerprint density at radius 1 is 1.14 bits per heavy atom. The number of aromatic nitrogens is 3. The summed E-state index contributed by atoms with van der Waals surface area (Å²) >= 11 is 0. The van der Waals surface area contributed by atoms with E-state index in [2.05, 4.69) is 53.6 Å². The van der Waals surface area contributed by atoms with Crippen LogP contribution in [0.4, 0.5) is 5.69 Å². The Morgan fingerprint density at radius 3 is 2.67 bits per heavy atom. The highest BCUT2D eigenvalue weighted by Gasteiger charge is 2.25. The van der Waals surface area contributed by atoms with Crippen LogP contribution in [0.1, 0.15) is 33.1 Å². The molecule has 1 aromatic heterocycles. The van der Waals surface area contributed by atoms with Crippen LogP contribution in [0.25, 0.3) is 11.4 Å². The smallest absolute Gasteiger partial charge is 0.165 e. The third kappa shape index (κ3) is 2.94. The molecule has 0 aliphatic heterocycles. The average molecular weight is 284 g/mol. The second-order valence-corrected chi connectivity index (χ2v) is 6.42. The fourth-order valence-corrected chi connectivity index (χ4v) is 3.23. The molecule has 3 rings (SSSR count). The number of para-hydroxylation sites is 1. The lowest BCUT2D eigenvalue weighted by Gasteiger charge is -2.33. The molecule has 0 bridgehead atoms. The molecule has 1 saturated carbocycles. The van der Waals surface area contributed by atoms with Crippen LogP contribution < -0.4 is 5.32 Å². The fourth-order valence-electron chi connectivity index (χ4n) is 3.23. The lowest BCUT2D eigenvalue weighted by Crippen LogP contribution is -2.30. The van der Waals surface area contributed by atoms with Gasteiger partial charge in [0.25, 0.3) is 0 Å². The molecule has 4 nitrogen and oxygen atoms in total.